The summed E-state index contributed by atoms with van der Waals surface area (Å²) < 4.78 is 11.8. The van der Waals surface area contributed by atoms with Crippen LogP contribution < -0.4 is 9.47 Å². The fourth-order valence-electron chi connectivity index (χ4n) is 1.40. The predicted octanol–water partition coefficient (Wildman–Crippen LogP) is 4.27. The topological polar surface area (TPSA) is 31.4 Å². The van der Waals surface area contributed by atoms with Crippen LogP contribution in [0.15, 0.2) is 28.2 Å². The van der Waals surface area contributed by atoms with E-state index in [4.69, 9.17) is 9.47 Å². The highest BCUT2D eigenvalue weighted by Crippen LogP contribution is 2.34. The zero-order chi connectivity index (χ0) is 12.3. The molecule has 0 aliphatic carbocycles. The minimum atomic E-state index is 0.597. The molecule has 0 atom stereocenters. The third-order valence-corrected chi connectivity index (χ3v) is 3.72. The van der Waals surface area contributed by atoms with Gasteiger partial charge in [-0.1, -0.05) is 24.3 Å². The molecule has 5 heteroatoms. The van der Waals surface area contributed by atoms with Crippen molar-refractivity contribution in [3.05, 3.63) is 33.7 Å². The minimum absolute atomic E-state index is 0.597. The molecule has 2 aromatic rings. The highest BCUT2D eigenvalue weighted by molar-refractivity contribution is 9.10. The molecular weight excluding hydrogens is 302 g/mol. The van der Waals surface area contributed by atoms with E-state index in [0.717, 1.165) is 16.8 Å². The van der Waals surface area contributed by atoms with Gasteiger partial charge in [-0.3, -0.25) is 0 Å². The molecule has 2 rings (SSSR count). The molecule has 0 spiro atoms. The standard InChI is InChI=1S/C12H12BrNO2S/c1-3-8-4-5-9(10(6-8)15-2)16-12-14-11(13)7-17-12/h4-7H,3H2,1-2H3. The molecule has 0 radical (unpaired) electrons. The Kier molecular flexibility index (Phi) is 4.02. The summed E-state index contributed by atoms with van der Waals surface area (Å²) in [5.74, 6) is 1.42. The van der Waals surface area contributed by atoms with Gasteiger partial charge in [0.25, 0.3) is 5.19 Å². The first-order chi connectivity index (χ1) is 8.22. The van der Waals surface area contributed by atoms with Crippen molar-refractivity contribution in [1.82, 2.24) is 4.98 Å². The number of rotatable bonds is 4. The fraction of sp³-hybridized carbons (Fsp3) is 0.250. The van der Waals surface area contributed by atoms with Crippen molar-refractivity contribution in [3.63, 3.8) is 0 Å². The molecular formula is C12H12BrNO2S. The summed E-state index contributed by atoms with van der Waals surface area (Å²) in [5.41, 5.74) is 1.22. The molecule has 1 aromatic heterocycles. The number of hydrogen-bond donors (Lipinski definition) is 0. The lowest BCUT2D eigenvalue weighted by atomic mass is 10.1. The van der Waals surface area contributed by atoms with Gasteiger partial charge in [-0.2, -0.15) is 4.98 Å². The van der Waals surface area contributed by atoms with E-state index in [1.807, 2.05) is 23.6 Å². The van der Waals surface area contributed by atoms with Crippen LogP contribution in [0.25, 0.3) is 0 Å². The number of thiazole rings is 1. The number of hydrogen-bond acceptors (Lipinski definition) is 4. The first kappa shape index (κ1) is 12.4. The number of aromatic nitrogens is 1. The highest BCUT2D eigenvalue weighted by atomic mass is 79.9. The maximum atomic E-state index is 5.67. The van der Waals surface area contributed by atoms with Crippen LogP contribution in [0, 0.1) is 0 Å². The Morgan fingerprint density at radius 2 is 2.18 bits per heavy atom. The number of aryl methyl sites for hydroxylation is 1. The van der Waals surface area contributed by atoms with Gasteiger partial charge in [0.05, 0.1) is 7.11 Å². The van der Waals surface area contributed by atoms with E-state index in [-0.39, 0.29) is 0 Å². The van der Waals surface area contributed by atoms with Crippen molar-refractivity contribution in [2.45, 2.75) is 13.3 Å². The quantitative estimate of drug-likeness (QED) is 0.844. The number of benzene rings is 1. The number of nitrogens with zero attached hydrogens (tertiary/aromatic N) is 1. The Morgan fingerprint density at radius 1 is 1.35 bits per heavy atom. The van der Waals surface area contributed by atoms with E-state index in [1.165, 1.54) is 16.9 Å². The maximum Gasteiger partial charge on any atom is 0.279 e. The van der Waals surface area contributed by atoms with E-state index in [0.29, 0.717) is 10.9 Å². The van der Waals surface area contributed by atoms with Gasteiger partial charge in [-0.25, -0.2) is 0 Å². The number of ether oxygens (including phenoxy) is 2. The van der Waals surface area contributed by atoms with Gasteiger partial charge in [0.2, 0.25) is 0 Å². The van der Waals surface area contributed by atoms with Crippen molar-refractivity contribution in [2.24, 2.45) is 0 Å². The normalized spacial score (nSPS) is 10.3. The molecule has 17 heavy (non-hydrogen) atoms. The highest BCUT2D eigenvalue weighted by Gasteiger charge is 2.08. The van der Waals surface area contributed by atoms with Crippen LogP contribution in [-0.4, -0.2) is 12.1 Å². The summed E-state index contributed by atoms with van der Waals surface area (Å²) in [6, 6.07) is 5.92. The van der Waals surface area contributed by atoms with E-state index in [1.54, 1.807) is 7.11 Å². The molecule has 0 aliphatic heterocycles. The van der Waals surface area contributed by atoms with Crippen LogP contribution in [0.5, 0.6) is 16.7 Å². The van der Waals surface area contributed by atoms with Crippen LogP contribution in [0.2, 0.25) is 0 Å². The lowest BCUT2D eigenvalue weighted by Gasteiger charge is -2.09. The summed E-state index contributed by atoms with van der Waals surface area (Å²) in [4.78, 5) is 4.18. The van der Waals surface area contributed by atoms with Crippen LogP contribution in [0.4, 0.5) is 0 Å². The molecule has 3 nitrogen and oxygen atoms in total. The minimum Gasteiger partial charge on any atom is -0.493 e. The van der Waals surface area contributed by atoms with E-state index < -0.39 is 0 Å². The Balaban J connectivity index is 2.26. The monoisotopic (exact) mass is 313 g/mol. The van der Waals surface area contributed by atoms with E-state index in [9.17, 15) is 0 Å². The first-order valence-electron chi connectivity index (χ1n) is 5.18. The number of methoxy groups -OCH3 is 1. The summed E-state index contributed by atoms with van der Waals surface area (Å²) in [7, 11) is 1.64. The van der Waals surface area contributed by atoms with Gasteiger partial charge in [-0.05, 0) is 40.0 Å². The number of halogens is 1. The Labute approximate surface area is 113 Å². The van der Waals surface area contributed by atoms with E-state index in [2.05, 4.69) is 27.8 Å². The maximum absolute atomic E-state index is 5.67. The Morgan fingerprint density at radius 3 is 2.76 bits per heavy atom. The third kappa shape index (κ3) is 2.98. The smallest absolute Gasteiger partial charge is 0.279 e. The van der Waals surface area contributed by atoms with Crippen molar-refractivity contribution >= 4 is 27.3 Å². The molecule has 0 unspecified atom stereocenters. The molecule has 0 fully saturated rings. The molecule has 1 aromatic carbocycles. The van der Waals surface area contributed by atoms with Gasteiger partial charge in [-0.15, -0.1) is 0 Å². The second kappa shape index (κ2) is 5.51. The van der Waals surface area contributed by atoms with Gasteiger partial charge in [0, 0.05) is 5.38 Å². The van der Waals surface area contributed by atoms with Gasteiger partial charge in [0.15, 0.2) is 11.5 Å². The van der Waals surface area contributed by atoms with Gasteiger partial charge >= 0.3 is 0 Å². The van der Waals surface area contributed by atoms with Crippen LogP contribution >= 0.6 is 27.3 Å². The van der Waals surface area contributed by atoms with Gasteiger partial charge < -0.3 is 9.47 Å². The Hall–Kier alpha value is -1.07. The molecule has 1 heterocycles. The summed E-state index contributed by atoms with van der Waals surface area (Å²) >= 11 is 4.73. The second-order valence-electron chi connectivity index (χ2n) is 3.38. The summed E-state index contributed by atoms with van der Waals surface area (Å²) in [5, 5.41) is 2.47. The fourth-order valence-corrected chi connectivity index (χ4v) is 2.49. The van der Waals surface area contributed by atoms with Crippen molar-refractivity contribution in [1.29, 1.82) is 0 Å². The van der Waals surface area contributed by atoms with Crippen molar-refractivity contribution < 1.29 is 9.47 Å². The third-order valence-electron chi connectivity index (χ3n) is 2.29. The molecule has 0 saturated carbocycles. The largest absolute Gasteiger partial charge is 0.493 e. The summed E-state index contributed by atoms with van der Waals surface area (Å²) in [6.07, 6.45) is 0.972. The van der Waals surface area contributed by atoms with Crippen LogP contribution in [-0.2, 0) is 6.42 Å². The first-order valence-corrected chi connectivity index (χ1v) is 6.86. The molecule has 0 bridgehead atoms. The molecule has 0 amide bonds. The molecule has 0 aliphatic rings. The lowest BCUT2D eigenvalue weighted by Crippen LogP contribution is -1.91. The van der Waals surface area contributed by atoms with Gasteiger partial charge in [0.1, 0.15) is 4.60 Å². The van der Waals surface area contributed by atoms with Crippen molar-refractivity contribution in [3.8, 4) is 16.7 Å². The zero-order valence-electron chi connectivity index (χ0n) is 9.57. The average molecular weight is 314 g/mol. The van der Waals surface area contributed by atoms with Crippen LogP contribution in [0.3, 0.4) is 0 Å². The molecule has 0 N–H and O–H groups in total. The van der Waals surface area contributed by atoms with Crippen LogP contribution in [0.1, 0.15) is 12.5 Å². The average Bonchev–Trinajstić information content (AvgIpc) is 2.75. The lowest BCUT2D eigenvalue weighted by molar-refractivity contribution is 0.377. The Bertz CT molecular complexity index is 513. The zero-order valence-corrected chi connectivity index (χ0v) is 12.0. The SMILES string of the molecule is CCc1ccc(Oc2nc(Br)cs2)c(OC)c1. The molecule has 0 saturated heterocycles. The predicted molar refractivity (Wildman–Crippen MR) is 72.3 cm³/mol. The van der Waals surface area contributed by atoms with E-state index >= 15 is 0 Å². The molecule has 90 valence electrons. The van der Waals surface area contributed by atoms with Crippen molar-refractivity contribution in [2.75, 3.05) is 7.11 Å². The summed E-state index contributed by atoms with van der Waals surface area (Å²) in [6.45, 7) is 2.10. The second-order valence-corrected chi connectivity index (χ2v) is 5.01.